The van der Waals surface area contributed by atoms with Gasteiger partial charge in [0.15, 0.2) is 11.6 Å². The number of rotatable bonds is 36. The van der Waals surface area contributed by atoms with Crippen LogP contribution < -0.4 is 48.4 Å². The van der Waals surface area contributed by atoms with E-state index < -0.39 is 81.7 Å². The van der Waals surface area contributed by atoms with E-state index in [4.69, 9.17) is 84.6 Å². The Bertz CT molecular complexity index is 4760. The van der Waals surface area contributed by atoms with E-state index >= 15 is 0 Å². The summed E-state index contributed by atoms with van der Waals surface area (Å²) in [5.74, 6) is -1.11. The molecule has 6 aromatic rings. The number of carbonyl (C=O) groups excluding carboxylic acids is 7. The van der Waals surface area contributed by atoms with Gasteiger partial charge in [0.1, 0.15) is 94.6 Å². The number of carbonyl (C=O) groups is 8. The predicted molar refractivity (Wildman–Crippen MR) is 455 cm³/mol. The van der Waals surface area contributed by atoms with Crippen molar-refractivity contribution in [2.45, 2.75) is 242 Å². The van der Waals surface area contributed by atoms with Crippen LogP contribution in [0.5, 0.6) is 23.0 Å². The number of amides is 2. The van der Waals surface area contributed by atoms with Crippen molar-refractivity contribution in [3.8, 4) is 45.8 Å². The largest absolute Gasteiger partial charge is 1.00 e. The first-order valence-corrected chi connectivity index (χ1v) is 43.0. The number of carboxylic acids is 1. The molecule has 0 radical (unpaired) electrons. The van der Waals surface area contributed by atoms with Crippen molar-refractivity contribution in [2.75, 3.05) is 71.5 Å². The Kier molecular flexibility index (Phi) is 32.4. The molecule has 8 aliphatic rings. The Hall–Kier alpha value is -8.34. The molecule has 0 bridgehead atoms. The number of anilines is 2. The molecule has 8 fully saturated rings. The molecule has 2 amide bonds. The molecule has 2 aromatic carbocycles. The number of esters is 3. The number of halogens is 2. The number of fused-ring (bicyclic) bond motifs is 4. The molecule has 16 atom stereocenters. The molecule has 33 heteroatoms. The molecule has 6 N–H and O–H groups in total. The molecule has 6 aliphatic carbocycles. The normalized spacial score (nSPS) is 25.4. The molecule has 2 unspecified atom stereocenters. The standard InChI is InChI=1S/C45H59ClN4O10.C44H57ClN4O10.CH4.Li.2H2O/c1-9-27-20-45(27,42(54)56-8)21-35(51)34-17-29(22-50(34)41(53)31(44(4,5)6)18-38(52)60-28-15-25-14-26(25)16-28)59-37-19-32(33-23-58-43(49-33)47-24(2)3)48-40-30(37)10-11-36(39(40)46)57-13-12-55-7;1-8-26-19-44(26,41(53)54)20-34(50)33-16-28(21-49(33)40(52)30(43(4,5)6)17-37(51)59-27-14-24-13-25(24)15-27)58-36-18-31(32-22-57-42(48-32)46-23(2)3)47-39-29(36)9-10-35(38(39)45)56-12-11-55-7;;;;/h10-11,19,23-29,31,34H,9,12-18,20-22H2,1-8H3,(H,47,49);9-10,18,22-28,30,33H,8,11-17,19-21H2,1-7H3,(H,46,48)(H,53,54);1H4;;2*1H2/q;;;+1;;/p-1/t25-,26+,27-,28?,29-,31-,34+,45-;24-,25+,26-,27?,28-,30-,33+,44-;;;;/m11..../s1. The third-order valence-corrected chi connectivity index (χ3v) is 26.2. The molecule has 123 heavy (non-hydrogen) atoms. The quantitative estimate of drug-likeness (QED) is 0.0142. The molecule has 4 aromatic heterocycles. The summed E-state index contributed by atoms with van der Waals surface area (Å²) in [4.78, 5) is 133. The number of carboxylic acid groups (broad SMARTS) is 1. The zero-order chi connectivity index (χ0) is 85.5. The number of ether oxygens (including phenoxy) is 9. The first-order chi connectivity index (χ1) is 56.5. The molecule has 0 spiro atoms. The van der Waals surface area contributed by atoms with Crippen LogP contribution in [-0.4, -0.2) is 202 Å². The minimum atomic E-state index is -1.16. The van der Waals surface area contributed by atoms with E-state index in [0.29, 0.717) is 136 Å². The van der Waals surface area contributed by atoms with E-state index in [0.717, 1.165) is 32.1 Å². The maximum absolute atomic E-state index is 14.9. The number of nitrogens with zero attached hydrogens (tertiary/aromatic N) is 6. The van der Waals surface area contributed by atoms with Crippen molar-refractivity contribution in [3.63, 3.8) is 0 Å². The van der Waals surface area contributed by atoms with E-state index in [1.807, 2.05) is 83.1 Å². The summed E-state index contributed by atoms with van der Waals surface area (Å²) >= 11 is 13.9. The predicted octanol–water partition coefficient (Wildman–Crippen LogP) is 11.9. The molecule has 30 nitrogen and oxygen atoms in total. The molecule has 14 rings (SSSR count). The van der Waals surface area contributed by atoms with Gasteiger partial charge in [0.2, 0.25) is 11.8 Å². The summed E-state index contributed by atoms with van der Waals surface area (Å²) in [5.41, 5.74) is -0.966. The van der Waals surface area contributed by atoms with Crippen molar-refractivity contribution < 1.29 is 125 Å². The number of pyridine rings is 2. The van der Waals surface area contributed by atoms with Gasteiger partial charge in [-0.25, -0.2) is 9.97 Å². The van der Waals surface area contributed by atoms with Crippen LogP contribution >= 0.6 is 23.2 Å². The second kappa shape index (κ2) is 40.5. The van der Waals surface area contributed by atoms with Crippen LogP contribution in [0.15, 0.2) is 57.8 Å². The van der Waals surface area contributed by atoms with Crippen molar-refractivity contribution in [1.82, 2.24) is 29.7 Å². The van der Waals surface area contributed by atoms with Crippen LogP contribution in [-0.2, 0) is 62.0 Å². The number of Topliss-reactive ketones (excluding diaryl/α,β-unsaturated/α-hetero) is 2. The molecular weight excluding hydrogens is 1620 g/mol. The number of benzene rings is 2. The Morgan fingerprint density at radius 1 is 0.545 bits per heavy atom. The molecule has 6 heterocycles. The number of methoxy groups -OCH3 is 3. The van der Waals surface area contributed by atoms with E-state index in [-0.39, 0.29) is 172 Å². The van der Waals surface area contributed by atoms with Gasteiger partial charge in [-0.15, -0.1) is 0 Å². The summed E-state index contributed by atoms with van der Waals surface area (Å²) in [5, 5.41) is 18.2. The number of likely N-dealkylation sites (tertiary alicyclic amines) is 2. The minimum absolute atomic E-state index is 0. The maximum Gasteiger partial charge on any atom is 1.00 e. The minimum Gasteiger partial charge on any atom is -0.870 e. The van der Waals surface area contributed by atoms with Gasteiger partial charge < -0.3 is 88.0 Å². The van der Waals surface area contributed by atoms with Gasteiger partial charge in [-0.1, -0.05) is 98.9 Å². The average Bonchev–Trinajstić information content (AvgIpc) is 1.47. The van der Waals surface area contributed by atoms with Crippen LogP contribution in [0.3, 0.4) is 0 Å². The zero-order valence-corrected chi connectivity index (χ0v) is 74.5. The van der Waals surface area contributed by atoms with E-state index in [9.17, 15) is 43.5 Å². The zero-order valence-electron chi connectivity index (χ0n) is 73.0. The van der Waals surface area contributed by atoms with Crippen molar-refractivity contribution >= 4 is 104 Å². The fourth-order valence-corrected chi connectivity index (χ4v) is 18.9. The van der Waals surface area contributed by atoms with Gasteiger partial charge >= 0.3 is 42.7 Å². The van der Waals surface area contributed by atoms with Gasteiger partial charge in [-0.05, 0) is 150 Å². The second-order valence-electron chi connectivity index (χ2n) is 36.8. The third-order valence-electron chi connectivity index (χ3n) is 25.4. The Morgan fingerprint density at radius 3 is 1.27 bits per heavy atom. The van der Waals surface area contributed by atoms with Crippen LogP contribution in [0.2, 0.25) is 10.0 Å². The van der Waals surface area contributed by atoms with Crippen LogP contribution in [0, 0.1) is 69.0 Å². The Balaban J connectivity index is 0.000000270. The average molecular weight is 1750 g/mol. The number of oxazole rings is 2. The smallest absolute Gasteiger partial charge is 0.870 e. The third kappa shape index (κ3) is 22.4. The number of hydrogen-bond donors (Lipinski definition) is 3. The van der Waals surface area contributed by atoms with E-state index in [2.05, 4.69) is 20.6 Å². The Morgan fingerprint density at radius 2 is 0.927 bits per heavy atom. The fourth-order valence-electron chi connectivity index (χ4n) is 18.4. The number of ketones is 2. The molecule has 6 saturated carbocycles. The van der Waals surface area contributed by atoms with Crippen molar-refractivity contribution in [3.05, 3.63) is 59.0 Å². The monoisotopic (exact) mass is 1740 g/mol. The Labute approximate surface area is 741 Å². The fraction of sp³-hybridized carbons (Fsp3) is 0.644. The van der Waals surface area contributed by atoms with Gasteiger partial charge in [0.25, 0.3) is 12.0 Å². The molecule has 670 valence electrons. The molecule has 2 aliphatic heterocycles. The van der Waals surface area contributed by atoms with Crippen LogP contribution in [0.25, 0.3) is 44.6 Å². The summed E-state index contributed by atoms with van der Waals surface area (Å²) in [6.07, 6.45) is 9.29. The SMILES string of the molecule is C.CC[C@@H]1C[C@]1(CC(=O)[C@@H]1C[C@@H](Oc2cc(-c3coc(NC(C)C)n3)nc3c(Cl)c(OCCOC)ccc23)CN1C(=O)[C@@H](CC(=O)OC1C[C@@H]2C[C@@H]2C1)C(C)(C)C)C(=O)O.CC[C@@H]1C[C@]1(CC(=O)[C@@H]1C[C@@H](Oc2cc(-c3coc(NC(C)C)n3)nc3c(Cl)c(OCCOC)ccc23)CN1C(=O)[C@@H](CC(=O)OC1C[C@@H]2C[C@@H]2C1)C(C)(C)C)C(=O)OC.O.[Li+].[OH-]. The van der Waals surface area contributed by atoms with E-state index in [1.54, 1.807) is 55.5 Å². The summed E-state index contributed by atoms with van der Waals surface area (Å²) in [6.45, 7) is 24.6. The summed E-state index contributed by atoms with van der Waals surface area (Å²) in [6, 6.07) is 9.39. The topological polar surface area (TPSA) is 410 Å². The second-order valence-corrected chi connectivity index (χ2v) is 37.6. The van der Waals surface area contributed by atoms with Gasteiger partial charge in [-0.3, -0.25) is 38.4 Å². The number of nitrogens with one attached hydrogen (secondary N) is 2. The van der Waals surface area contributed by atoms with Gasteiger partial charge in [0, 0.05) is 74.9 Å². The molecular formula is C90H123Cl2LiN8O22. The van der Waals surface area contributed by atoms with Gasteiger partial charge in [-0.2, -0.15) is 9.97 Å². The number of aromatic nitrogens is 4. The first kappa shape index (κ1) is 98.4. The van der Waals surface area contributed by atoms with Crippen molar-refractivity contribution in [2.24, 2.45) is 69.0 Å². The number of hydrogen-bond acceptors (Lipinski definition) is 26. The first-order valence-electron chi connectivity index (χ1n) is 42.2. The van der Waals surface area contributed by atoms with Crippen LogP contribution in [0.4, 0.5) is 12.0 Å². The molecule has 2 saturated heterocycles. The summed E-state index contributed by atoms with van der Waals surface area (Å²) < 4.78 is 64.1. The van der Waals surface area contributed by atoms with Crippen LogP contribution in [0.1, 0.15) is 193 Å². The van der Waals surface area contributed by atoms with Gasteiger partial charge in [0.05, 0.1) is 103 Å². The maximum atomic E-state index is 14.9. The summed E-state index contributed by atoms with van der Waals surface area (Å²) in [7, 11) is 4.50. The van der Waals surface area contributed by atoms with Crippen molar-refractivity contribution in [1.29, 1.82) is 0 Å². The number of aliphatic carboxylic acids is 1. The van der Waals surface area contributed by atoms with E-state index in [1.165, 1.54) is 37.4 Å².